The van der Waals surface area contributed by atoms with Crippen molar-refractivity contribution in [3.63, 3.8) is 0 Å². The number of rotatable bonds is 3. The van der Waals surface area contributed by atoms with Crippen LogP contribution in [-0.2, 0) is 4.79 Å². The van der Waals surface area contributed by atoms with E-state index in [1.54, 1.807) is 12.1 Å². The van der Waals surface area contributed by atoms with E-state index in [9.17, 15) is 9.90 Å². The van der Waals surface area contributed by atoms with Gasteiger partial charge in [-0.25, -0.2) is 0 Å². The molecule has 1 aliphatic carbocycles. The lowest BCUT2D eigenvalue weighted by Gasteiger charge is -2.31. The van der Waals surface area contributed by atoms with Gasteiger partial charge in [0.2, 0.25) is 11.6 Å². The summed E-state index contributed by atoms with van der Waals surface area (Å²) < 4.78 is 16.0. The first kappa shape index (κ1) is 16.5. The summed E-state index contributed by atoms with van der Waals surface area (Å²) in [4.78, 5) is 12.8. The maximum Gasteiger partial charge on any atom is 0.233 e. The van der Waals surface area contributed by atoms with Crippen molar-refractivity contribution in [2.45, 2.75) is 32.1 Å². The van der Waals surface area contributed by atoms with E-state index in [1.807, 2.05) is 6.92 Å². The standard InChI is InChI=1S/C19H20N2O5/c1-9-15-16(10-7-13(24-2)18(23)14(8-10)25-3)17-11(5-4-6-12(17)22)20-19(15)26-21-9/h7-8,16,20,23H,4-6H2,1-3H3/t16-/m1/s1. The fourth-order valence-electron chi connectivity index (χ4n) is 3.83. The minimum atomic E-state index is -0.344. The Kier molecular flexibility index (Phi) is 3.86. The number of carbonyl (C=O) groups excluding carboxylic acids is 1. The van der Waals surface area contributed by atoms with Crippen LogP contribution in [0, 0.1) is 6.92 Å². The van der Waals surface area contributed by atoms with Crippen molar-refractivity contribution in [2.75, 3.05) is 19.5 Å². The molecule has 26 heavy (non-hydrogen) atoms. The Morgan fingerprint density at radius 1 is 1.23 bits per heavy atom. The normalized spacial score (nSPS) is 18.9. The molecule has 2 N–H and O–H groups in total. The van der Waals surface area contributed by atoms with Gasteiger partial charge in [-0.05, 0) is 37.5 Å². The zero-order valence-corrected chi connectivity index (χ0v) is 14.9. The molecule has 0 bridgehead atoms. The number of ketones is 1. The van der Waals surface area contributed by atoms with Gasteiger partial charge in [0.05, 0.1) is 25.5 Å². The van der Waals surface area contributed by atoms with Crippen LogP contribution in [0.5, 0.6) is 17.2 Å². The zero-order valence-electron chi connectivity index (χ0n) is 14.9. The predicted molar refractivity (Wildman–Crippen MR) is 93.8 cm³/mol. The minimum Gasteiger partial charge on any atom is -0.502 e. The number of hydrogen-bond donors (Lipinski definition) is 2. The number of hydrogen-bond acceptors (Lipinski definition) is 7. The summed E-state index contributed by atoms with van der Waals surface area (Å²) in [7, 11) is 2.96. The van der Waals surface area contributed by atoms with Crippen LogP contribution in [0.3, 0.4) is 0 Å². The van der Waals surface area contributed by atoms with Gasteiger partial charge in [0.1, 0.15) is 0 Å². The minimum absolute atomic E-state index is 0.0703. The van der Waals surface area contributed by atoms with E-state index in [0.29, 0.717) is 29.5 Å². The van der Waals surface area contributed by atoms with E-state index in [2.05, 4.69) is 10.5 Å². The van der Waals surface area contributed by atoms with Crippen LogP contribution in [0.4, 0.5) is 5.88 Å². The van der Waals surface area contributed by atoms with Crippen molar-refractivity contribution in [2.24, 2.45) is 0 Å². The predicted octanol–water partition coefficient (Wildman–Crippen LogP) is 3.27. The highest BCUT2D eigenvalue weighted by Gasteiger charge is 2.39. The number of carbonyl (C=O) groups is 1. The molecule has 4 rings (SSSR count). The number of aromatic nitrogens is 1. The molecule has 1 aliphatic heterocycles. The monoisotopic (exact) mass is 356 g/mol. The summed E-state index contributed by atoms with van der Waals surface area (Å²) in [5.74, 6) is 0.841. The van der Waals surface area contributed by atoms with Crippen molar-refractivity contribution < 1.29 is 23.9 Å². The van der Waals surface area contributed by atoms with Crippen molar-refractivity contribution in [1.29, 1.82) is 0 Å². The van der Waals surface area contributed by atoms with E-state index >= 15 is 0 Å². The number of methoxy groups -OCH3 is 2. The van der Waals surface area contributed by atoms with Crippen molar-refractivity contribution >= 4 is 11.7 Å². The number of phenols is 1. The molecule has 2 aliphatic rings. The van der Waals surface area contributed by atoms with Gasteiger partial charge >= 0.3 is 0 Å². The molecule has 1 atom stereocenters. The number of fused-ring (bicyclic) bond motifs is 1. The summed E-state index contributed by atoms with van der Waals surface area (Å²) in [6.45, 7) is 1.85. The molecule has 0 spiro atoms. The maximum absolute atomic E-state index is 12.8. The molecule has 7 heteroatoms. The molecule has 0 saturated carbocycles. The van der Waals surface area contributed by atoms with Crippen LogP contribution < -0.4 is 14.8 Å². The highest BCUT2D eigenvalue weighted by atomic mass is 16.5. The topological polar surface area (TPSA) is 93.8 Å². The number of ether oxygens (including phenoxy) is 2. The molecule has 136 valence electrons. The molecule has 1 aromatic carbocycles. The van der Waals surface area contributed by atoms with Gasteiger partial charge in [0, 0.05) is 23.6 Å². The maximum atomic E-state index is 12.8. The number of nitrogens with one attached hydrogen (secondary N) is 1. The third kappa shape index (κ3) is 2.34. The lowest BCUT2D eigenvalue weighted by atomic mass is 9.76. The molecule has 0 radical (unpaired) electrons. The SMILES string of the molecule is COc1cc([C@H]2C3=C(CCCC3=O)Nc3onc(C)c32)cc(OC)c1O. The quantitative estimate of drug-likeness (QED) is 0.871. The second kappa shape index (κ2) is 6.09. The fraction of sp³-hybridized carbons (Fsp3) is 0.368. The van der Waals surface area contributed by atoms with Gasteiger partial charge in [0.25, 0.3) is 0 Å². The average molecular weight is 356 g/mol. The Balaban J connectivity index is 1.97. The Morgan fingerprint density at radius 2 is 1.92 bits per heavy atom. The van der Waals surface area contributed by atoms with Crippen LogP contribution in [0.25, 0.3) is 0 Å². The Hall–Kier alpha value is -2.96. The summed E-state index contributed by atoms with van der Waals surface area (Å²) in [6, 6.07) is 3.47. The van der Waals surface area contributed by atoms with Gasteiger partial charge < -0.3 is 24.4 Å². The Bertz CT molecular complexity index is 903. The molecule has 0 amide bonds. The fourth-order valence-corrected chi connectivity index (χ4v) is 3.83. The van der Waals surface area contributed by atoms with Crippen LogP contribution in [0.1, 0.15) is 42.0 Å². The van der Waals surface area contributed by atoms with E-state index in [-0.39, 0.29) is 17.5 Å². The number of benzene rings is 1. The largest absolute Gasteiger partial charge is 0.502 e. The summed E-state index contributed by atoms with van der Waals surface area (Å²) in [5, 5.41) is 17.5. The first-order valence-corrected chi connectivity index (χ1v) is 8.49. The third-order valence-electron chi connectivity index (χ3n) is 5.04. The molecule has 0 unspecified atom stereocenters. The number of aryl methyl sites for hydroxylation is 1. The number of Topliss-reactive ketones (excluding diaryl/α,β-unsaturated/α-hetero) is 1. The first-order valence-electron chi connectivity index (χ1n) is 8.49. The van der Waals surface area contributed by atoms with Gasteiger partial charge in [-0.15, -0.1) is 0 Å². The second-order valence-corrected chi connectivity index (χ2v) is 6.51. The number of anilines is 1. The highest BCUT2D eigenvalue weighted by molar-refractivity contribution is 6.01. The number of aromatic hydroxyl groups is 1. The molecule has 1 aromatic heterocycles. The van der Waals surface area contributed by atoms with Gasteiger partial charge in [-0.3, -0.25) is 4.79 Å². The molecule has 0 saturated heterocycles. The Morgan fingerprint density at radius 3 is 2.58 bits per heavy atom. The molecular weight excluding hydrogens is 336 g/mol. The van der Waals surface area contributed by atoms with E-state index in [1.165, 1.54) is 14.2 Å². The van der Waals surface area contributed by atoms with Gasteiger partial charge in [0.15, 0.2) is 17.3 Å². The van der Waals surface area contributed by atoms with E-state index in [4.69, 9.17) is 14.0 Å². The summed E-state index contributed by atoms with van der Waals surface area (Å²) in [5.41, 5.74) is 3.93. The zero-order chi connectivity index (χ0) is 18.4. The van der Waals surface area contributed by atoms with Crippen molar-refractivity contribution in [1.82, 2.24) is 5.16 Å². The first-order chi connectivity index (χ1) is 12.5. The van der Waals surface area contributed by atoms with Crippen LogP contribution in [0.2, 0.25) is 0 Å². The summed E-state index contributed by atoms with van der Waals surface area (Å²) in [6.07, 6.45) is 2.11. The molecule has 7 nitrogen and oxygen atoms in total. The molecule has 0 fully saturated rings. The number of phenolic OH excluding ortho intramolecular Hbond substituents is 1. The molecular formula is C19H20N2O5. The third-order valence-corrected chi connectivity index (χ3v) is 5.04. The van der Waals surface area contributed by atoms with Gasteiger partial charge in [-0.2, -0.15) is 0 Å². The van der Waals surface area contributed by atoms with Crippen molar-refractivity contribution in [3.05, 3.63) is 40.2 Å². The van der Waals surface area contributed by atoms with Crippen LogP contribution in [-0.4, -0.2) is 30.3 Å². The molecule has 2 aromatic rings. The van der Waals surface area contributed by atoms with Crippen molar-refractivity contribution in [3.8, 4) is 17.2 Å². The average Bonchev–Trinajstić information content (AvgIpc) is 3.01. The van der Waals surface area contributed by atoms with Gasteiger partial charge in [-0.1, -0.05) is 5.16 Å². The lowest BCUT2D eigenvalue weighted by Crippen LogP contribution is -2.26. The number of nitrogens with zero attached hydrogens (tertiary/aromatic N) is 1. The van der Waals surface area contributed by atoms with E-state index in [0.717, 1.165) is 35.2 Å². The van der Waals surface area contributed by atoms with Crippen LogP contribution in [0.15, 0.2) is 27.9 Å². The molecule has 2 heterocycles. The van der Waals surface area contributed by atoms with E-state index < -0.39 is 0 Å². The summed E-state index contributed by atoms with van der Waals surface area (Å²) >= 11 is 0. The smallest absolute Gasteiger partial charge is 0.233 e. The lowest BCUT2D eigenvalue weighted by molar-refractivity contribution is -0.116. The highest BCUT2D eigenvalue weighted by Crippen LogP contribution is 2.49. The Labute approximate surface area is 150 Å². The second-order valence-electron chi connectivity index (χ2n) is 6.51. The number of allylic oxidation sites excluding steroid dienone is 2. The van der Waals surface area contributed by atoms with Crippen LogP contribution >= 0.6 is 0 Å².